The van der Waals surface area contributed by atoms with Crippen LogP contribution in [0.3, 0.4) is 0 Å². The molecule has 1 rings (SSSR count). The van der Waals surface area contributed by atoms with Gasteiger partial charge >= 0.3 is 0 Å². The molecule has 0 spiro atoms. The van der Waals surface area contributed by atoms with Crippen molar-refractivity contribution in [2.24, 2.45) is 5.73 Å². The summed E-state index contributed by atoms with van der Waals surface area (Å²) in [6, 6.07) is 5.80. The summed E-state index contributed by atoms with van der Waals surface area (Å²) in [7, 11) is 0. The molecule has 0 saturated heterocycles. The van der Waals surface area contributed by atoms with Crippen molar-refractivity contribution in [3.63, 3.8) is 0 Å². The van der Waals surface area contributed by atoms with E-state index < -0.39 is 0 Å². The maximum absolute atomic E-state index is 7.25. The molecular formula is C9H12Br2HfN2-2. The summed E-state index contributed by atoms with van der Waals surface area (Å²) in [6.07, 6.45) is 0. The number of benzene rings is 1. The van der Waals surface area contributed by atoms with Gasteiger partial charge in [-0.2, -0.15) is 0 Å². The molecule has 1 aromatic rings. The van der Waals surface area contributed by atoms with Gasteiger partial charge in [-0.1, -0.05) is 18.2 Å². The Balaban J connectivity index is -0.000000403. The maximum Gasteiger partial charge on any atom is 0.123 e. The minimum absolute atomic E-state index is 0. The van der Waals surface area contributed by atoms with Crippen LogP contribution in [0.1, 0.15) is 16.7 Å². The third-order valence-electron chi connectivity index (χ3n) is 1.89. The second-order valence-electron chi connectivity index (χ2n) is 2.66. The molecule has 0 saturated carbocycles. The number of hydrogen-bond donors (Lipinski definition) is 2. The van der Waals surface area contributed by atoms with Crippen LogP contribution < -0.4 is 39.7 Å². The maximum atomic E-state index is 7.25. The fourth-order valence-electron chi connectivity index (χ4n) is 1.04. The van der Waals surface area contributed by atoms with Crippen molar-refractivity contribution in [1.29, 1.82) is 5.41 Å². The van der Waals surface area contributed by atoms with Gasteiger partial charge in [-0.3, -0.25) is 5.41 Å². The summed E-state index contributed by atoms with van der Waals surface area (Å²) in [5.74, 6) is 0.145. The summed E-state index contributed by atoms with van der Waals surface area (Å²) >= 11 is 0. The van der Waals surface area contributed by atoms with Gasteiger partial charge in [0.25, 0.3) is 0 Å². The van der Waals surface area contributed by atoms with Crippen molar-refractivity contribution in [1.82, 2.24) is 0 Å². The molecule has 0 aliphatic carbocycles. The number of nitrogen functional groups attached to an aromatic ring is 1. The van der Waals surface area contributed by atoms with E-state index in [1.165, 1.54) is 5.56 Å². The molecule has 0 amide bonds. The van der Waals surface area contributed by atoms with Crippen molar-refractivity contribution >= 4 is 5.84 Å². The van der Waals surface area contributed by atoms with Crippen LogP contribution in [0.5, 0.6) is 0 Å². The van der Waals surface area contributed by atoms with Gasteiger partial charge in [-0.15, -0.1) is 0 Å². The Morgan fingerprint density at radius 3 is 2.07 bits per heavy atom. The van der Waals surface area contributed by atoms with Crippen LogP contribution in [0.25, 0.3) is 0 Å². The average molecular weight is 487 g/mol. The van der Waals surface area contributed by atoms with Crippen LogP contribution in [0, 0.1) is 19.3 Å². The quantitative estimate of drug-likeness (QED) is 0.235. The predicted molar refractivity (Wildman–Crippen MR) is 46.9 cm³/mol. The summed E-state index contributed by atoms with van der Waals surface area (Å²) in [5.41, 5.74) is 8.48. The second-order valence-corrected chi connectivity index (χ2v) is 2.66. The van der Waals surface area contributed by atoms with Crippen LogP contribution in [0.2, 0.25) is 0 Å². The fourth-order valence-corrected chi connectivity index (χ4v) is 1.04. The van der Waals surface area contributed by atoms with E-state index in [1.807, 2.05) is 32.0 Å². The van der Waals surface area contributed by atoms with E-state index in [9.17, 15) is 0 Å². The molecule has 0 aliphatic rings. The van der Waals surface area contributed by atoms with Crippen molar-refractivity contribution in [3.05, 3.63) is 34.9 Å². The second kappa shape index (κ2) is 8.80. The Hall–Kier alpha value is 0.520. The number of hydrogen-bond acceptors (Lipinski definition) is 1. The SMILES string of the molecule is Cc1cccc(C(=N)N)c1C.[Br-].[Br-].[Hf]. The van der Waals surface area contributed by atoms with E-state index in [-0.39, 0.29) is 65.6 Å². The number of nitrogens with two attached hydrogens (primary N) is 1. The summed E-state index contributed by atoms with van der Waals surface area (Å²) in [6.45, 7) is 3.99. The third kappa shape index (κ3) is 4.84. The summed E-state index contributed by atoms with van der Waals surface area (Å²) in [4.78, 5) is 0. The molecule has 0 unspecified atom stereocenters. The van der Waals surface area contributed by atoms with Crippen LogP contribution in [0.4, 0.5) is 0 Å². The largest absolute Gasteiger partial charge is 1.00 e. The number of nitrogens with one attached hydrogen (secondary N) is 1. The molecule has 0 aliphatic heterocycles. The Kier molecular flexibility index (Phi) is 12.6. The Morgan fingerprint density at radius 1 is 1.21 bits per heavy atom. The van der Waals surface area contributed by atoms with E-state index in [1.54, 1.807) is 0 Å². The Morgan fingerprint density at radius 2 is 1.71 bits per heavy atom. The van der Waals surface area contributed by atoms with Crippen molar-refractivity contribution < 1.29 is 59.8 Å². The van der Waals surface area contributed by atoms with Crippen LogP contribution in [0.15, 0.2) is 18.2 Å². The molecule has 0 atom stereocenters. The minimum atomic E-state index is 0. The number of rotatable bonds is 1. The first kappa shape index (κ1) is 20.0. The average Bonchev–Trinajstić information content (AvgIpc) is 1.94. The number of halogens is 2. The molecule has 14 heavy (non-hydrogen) atoms. The molecule has 2 nitrogen and oxygen atoms in total. The van der Waals surface area contributed by atoms with E-state index >= 15 is 0 Å². The predicted octanol–water partition coefficient (Wildman–Crippen LogP) is -4.41. The van der Waals surface area contributed by atoms with Crippen molar-refractivity contribution in [3.8, 4) is 0 Å². The van der Waals surface area contributed by atoms with Gasteiger partial charge in [0.1, 0.15) is 5.84 Å². The fraction of sp³-hybridized carbons (Fsp3) is 0.222. The van der Waals surface area contributed by atoms with E-state index in [0.29, 0.717) is 0 Å². The van der Waals surface area contributed by atoms with Crippen LogP contribution in [-0.2, 0) is 25.8 Å². The minimum Gasteiger partial charge on any atom is -1.00 e. The summed E-state index contributed by atoms with van der Waals surface area (Å²) < 4.78 is 0. The Bertz CT molecular complexity index is 303. The molecule has 0 radical (unpaired) electrons. The van der Waals surface area contributed by atoms with Gasteiger partial charge in [0.2, 0.25) is 0 Å². The molecule has 0 heterocycles. The standard InChI is InChI=1S/C9H12N2.2BrH.Hf/c1-6-4-3-5-8(7(6)2)9(10)11;;;/h3-5H,1-2H3,(H3,10,11);2*1H;/p-2. The zero-order chi connectivity index (χ0) is 8.43. The first-order valence-electron chi connectivity index (χ1n) is 3.53. The van der Waals surface area contributed by atoms with Crippen molar-refractivity contribution in [2.45, 2.75) is 13.8 Å². The van der Waals surface area contributed by atoms with Crippen LogP contribution in [-0.4, -0.2) is 5.84 Å². The van der Waals surface area contributed by atoms with Gasteiger partial charge in [-0.25, -0.2) is 0 Å². The molecule has 0 fully saturated rings. The van der Waals surface area contributed by atoms with Gasteiger partial charge in [0.15, 0.2) is 0 Å². The third-order valence-corrected chi connectivity index (χ3v) is 1.89. The van der Waals surface area contributed by atoms with Gasteiger partial charge in [0.05, 0.1) is 0 Å². The first-order valence-corrected chi connectivity index (χ1v) is 3.53. The molecule has 5 heteroatoms. The van der Waals surface area contributed by atoms with Gasteiger partial charge in [0, 0.05) is 31.4 Å². The molecule has 0 aromatic heterocycles. The molecule has 3 N–H and O–H groups in total. The zero-order valence-electron chi connectivity index (χ0n) is 8.07. The Labute approximate surface area is 124 Å². The smallest absolute Gasteiger partial charge is 0.123 e. The monoisotopic (exact) mass is 486 g/mol. The molecule has 0 bridgehead atoms. The normalized spacial score (nSPS) is 7.57. The number of amidine groups is 1. The van der Waals surface area contributed by atoms with Crippen LogP contribution >= 0.6 is 0 Å². The van der Waals surface area contributed by atoms with Gasteiger partial charge < -0.3 is 39.7 Å². The van der Waals surface area contributed by atoms with E-state index in [4.69, 9.17) is 11.1 Å². The number of aryl methyl sites for hydroxylation is 1. The molecule has 1 aromatic carbocycles. The zero-order valence-corrected chi connectivity index (χ0v) is 14.8. The molecular weight excluding hydrogens is 474 g/mol. The first-order chi connectivity index (χ1) is 5.13. The topological polar surface area (TPSA) is 49.9 Å². The van der Waals surface area contributed by atoms with E-state index in [2.05, 4.69) is 0 Å². The summed E-state index contributed by atoms with van der Waals surface area (Å²) in [5, 5.41) is 7.25. The molecule has 78 valence electrons. The van der Waals surface area contributed by atoms with E-state index in [0.717, 1.165) is 11.1 Å². The van der Waals surface area contributed by atoms with Crippen molar-refractivity contribution in [2.75, 3.05) is 0 Å². The van der Waals surface area contributed by atoms with Gasteiger partial charge in [-0.05, 0) is 25.0 Å².